The van der Waals surface area contributed by atoms with Gasteiger partial charge in [-0.3, -0.25) is 9.97 Å². The van der Waals surface area contributed by atoms with Gasteiger partial charge in [0.1, 0.15) is 0 Å². The molecule has 0 unspecified atom stereocenters. The SMILES string of the molecule is CCN(Cc1ccccn1)c1c(N)cnc2ccccc12. The molecular formula is C17H18N4. The Labute approximate surface area is 124 Å². The van der Waals surface area contributed by atoms with Crippen molar-refractivity contribution in [2.24, 2.45) is 0 Å². The number of hydrogen-bond donors (Lipinski definition) is 1. The van der Waals surface area contributed by atoms with Gasteiger partial charge in [0.05, 0.1) is 35.3 Å². The Hall–Kier alpha value is -2.62. The van der Waals surface area contributed by atoms with E-state index in [4.69, 9.17) is 5.73 Å². The molecule has 21 heavy (non-hydrogen) atoms. The Morgan fingerprint density at radius 1 is 1.05 bits per heavy atom. The summed E-state index contributed by atoms with van der Waals surface area (Å²) < 4.78 is 0. The molecule has 0 aliphatic heterocycles. The number of fused-ring (bicyclic) bond motifs is 1. The van der Waals surface area contributed by atoms with Crippen molar-refractivity contribution in [3.05, 3.63) is 60.6 Å². The van der Waals surface area contributed by atoms with Crippen molar-refractivity contribution in [3.63, 3.8) is 0 Å². The zero-order valence-electron chi connectivity index (χ0n) is 12.0. The second-order valence-corrected chi connectivity index (χ2v) is 4.91. The largest absolute Gasteiger partial charge is 0.396 e. The van der Waals surface area contributed by atoms with Gasteiger partial charge in [-0.05, 0) is 25.1 Å². The summed E-state index contributed by atoms with van der Waals surface area (Å²) in [6, 6.07) is 14.0. The first kappa shape index (κ1) is 13.4. The smallest absolute Gasteiger partial charge is 0.0745 e. The first-order valence-corrected chi connectivity index (χ1v) is 7.07. The summed E-state index contributed by atoms with van der Waals surface area (Å²) in [6.45, 7) is 3.71. The molecule has 106 valence electrons. The molecule has 0 saturated carbocycles. The van der Waals surface area contributed by atoms with E-state index in [1.807, 2.05) is 42.6 Å². The lowest BCUT2D eigenvalue weighted by Crippen LogP contribution is -2.24. The maximum atomic E-state index is 6.19. The molecule has 0 spiro atoms. The number of hydrogen-bond acceptors (Lipinski definition) is 4. The summed E-state index contributed by atoms with van der Waals surface area (Å²) in [4.78, 5) is 11.0. The molecule has 4 nitrogen and oxygen atoms in total. The first-order chi connectivity index (χ1) is 10.3. The predicted molar refractivity (Wildman–Crippen MR) is 87.1 cm³/mol. The monoisotopic (exact) mass is 278 g/mol. The van der Waals surface area contributed by atoms with Crippen molar-refractivity contribution >= 4 is 22.3 Å². The summed E-state index contributed by atoms with van der Waals surface area (Å²) >= 11 is 0. The number of anilines is 2. The van der Waals surface area contributed by atoms with Crippen LogP contribution < -0.4 is 10.6 Å². The van der Waals surface area contributed by atoms with Gasteiger partial charge in [0.15, 0.2) is 0 Å². The van der Waals surface area contributed by atoms with Crippen LogP contribution in [0.25, 0.3) is 10.9 Å². The molecule has 0 radical (unpaired) electrons. The van der Waals surface area contributed by atoms with Gasteiger partial charge in [0.25, 0.3) is 0 Å². The van der Waals surface area contributed by atoms with Crippen molar-refractivity contribution in [1.82, 2.24) is 9.97 Å². The van der Waals surface area contributed by atoms with Gasteiger partial charge in [-0.25, -0.2) is 0 Å². The molecule has 0 saturated heterocycles. The van der Waals surface area contributed by atoms with E-state index in [2.05, 4.69) is 27.9 Å². The van der Waals surface area contributed by atoms with E-state index in [0.717, 1.165) is 35.4 Å². The highest BCUT2D eigenvalue weighted by atomic mass is 15.1. The summed E-state index contributed by atoms with van der Waals surface area (Å²) in [6.07, 6.45) is 3.55. The first-order valence-electron chi connectivity index (χ1n) is 7.07. The van der Waals surface area contributed by atoms with Crippen molar-refractivity contribution in [2.45, 2.75) is 13.5 Å². The number of pyridine rings is 2. The highest BCUT2D eigenvalue weighted by molar-refractivity contribution is 5.97. The van der Waals surface area contributed by atoms with Crippen LogP contribution in [0.1, 0.15) is 12.6 Å². The van der Waals surface area contributed by atoms with Gasteiger partial charge >= 0.3 is 0 Å². The lowest BCUT2D eigenvalue weighted by atomic mass is 10.1. The fraction of sp³-hybridized carbons (Fsp3) is 0.176. The van der Waals surface area contributed by atoms with E-state index in [1.165, 1.54) is 0 Å². The van der Waals surface area contributed by atoms with Crippen LogP contribution in [-0.2, 0) is 6.54 Å². The second-order valence-electron chi connectivity index (χ2n) is 4.91. The van der Waals surface area contributed by atoms with E-state index in [0.29, 0.717) is 5.69 Å². The molecule has 0 aliphatic rings. The fourth-order valence-corrected chi connectivity index (χ4v) is 2.53. The van der Waals surface area contributed by atoms with Crippen molar-refractivity contribution in [2.75, 3.05) is 17.2 Å². The highest BCUT2D eigenvalue weighted by Crippen LogP contribution is 2.32. The average Bonchev–Trinajstić information content (AvgIpc) is 2.54. The van der Waals surface area contributed by atoms with E-state index in [-0.39, 0.29) is 0 Å². The minimum absolute atomic E-state index is 0.700. The quantitative estimate of drug-likeness (QED) is 0.796. The molecule has 1 aromatic carbocycles. The maximum absolute atomic E-state index is 6.19. The summed E-state index contributed by atoms with van der Waals surface area (Å²) in [5.74, 6) is 0. The maximum Gasteiger partial charge on any atom is 0.0745 e. The minimum Gasteiger partial charge on any atom is -0.396 e. The van der Waals surface area contributed by atoms with Crippen molar-refractivity contribution in [3.8, 4) is 0 Å². The second kappa shape index (κ2) is 5.79. The van der Waals surface area contributed by atoms with Crippen LogP contribution in [0, 0.1) is 0 Å². The molecule has 2 aromatic heterocycles. The number of nitrogens with zero attached hydrogens (tertiary/aromatic N) is 3. The zero-order valence-corrected chi connectivity index (χ0v) is 12.0. The molecule has 0 aliphatic carbocycles. The van der Waals surface area contributed by atoms with Gasteiger partial charge in [-0.15, -0.1) is 0 Å². The molecule has 4 heteroatoms. The lowest BCUT2D eigenvalue weighted by molar-refractivity contribution is 0.814. The Kier molecular flexibility index (Phi) is 3.69. The standard InChI is InChI=1S/C17H18N4/c1-2-21(12-13-7-5-6-10-19-13)17-14-8-3-4-9-16(14)20-11-15(17)18/h3-11H,2,12,18H2,1H3. The number of para-hydroxylation sites is 1. The van der Waals surface area contributed by atoms with E-state index < -0.39 is 0 Å². The molecule has 0 amide bonds. The van der Waals surface area contributed by atoms with Crippen LogP contribution in [0.3, 0.4) is 0 Å². The van der Waals surface area contributed by atoms with Gasteiger partial charge < -0.3 is 10.6 Å². The minimum atomic E-state index is 0.700. The summed E-state index contributed by atoms with van der Waals surface area (Å²) in [5.41, 5.74) is 9.92. The number of nitrogen functional groups attached to an aromatic ring is 1. The molecular weight excluding hydrogens is 260 g/mol. The molecule has 2 heterocycles. The van der Waals surface area contributed by atoms with E-state index in [9.17, 15) is 0 Å². The lowest BCUT2D eigenvalue weighted by Gasteiger charge is -2.25. The van der Waals surface area contributed by atoms with Crippen LogP contribution in [0.15, 0.2) is 54.9 Å². The van der Waals surface area contributed by atoms with Gasteiger partial charge in [0, 0.05) is 18.1 Å². The third kappa shape index (κ3) is 2.65. The molecule has 3 aromatic rings. The molecule has 0 atom stereocenters. The van der Waals surface area contributed by atoms with Gasteiger partial charge in [-0.1, -0.05) is 24.3 Å². The number of rotatable bonds is 4. The summed E-state index contributed by atoms with van der Waals surface area (Å²) in [5, 5.41) is 1.08. The Morgan fingerprint density at radius 2 is 1.86 bits per heavy atom. The number of benzene rings is 1. The summed E-state index contributed by atoms with van der Waals surface area (Å²) in [7, 11) is 0. The normalized spacial score (nSPS) is 10.7. The van der Waals surface area contributed by atoms with E-state index >= 15 is 0 Å². The predicted octanol–water partition coefficient (Wildman–Crippen LogP) is 3.24. The molecule has 0 bridgehead atoms. The Balaban J connectivity index is 2.06. The number of aromatic nitrogens is 2. The van der Waals surface area contributed by atoms with E-state index in [1.54, 1.807) is 6.20 Å². The highest BCUT2D eigenvalue weighted by Gasteiger charge is 2.13. The third-order valence-corrected chi connectivity index (χ3v) is 3.55. The third-order valence-electron chi connectivity index (χ3n) is 3.55. The Bertz CT molecular complexity index is 740. The zero-order chi connectivity index (χ0) is 14.7. The van der Waals surface area contributed by atoms with Crippen LogP contribution in [0.4, 0.5) is 11.4 Å². The van der Waals surface area contributed by atoms with Crippen LogP contribution in [0.2, 0.25) is 0 Å². The van der Waals surface area contributed by atoms with Crippen LogP contribution in [0.5, 0.6) is 0 Å². The van der Waals surface area contributed by atoms with Gasteiger partial charge in [-0.2, -0.15) is 0 Å². The fourth-order valence-electron chi connectivity index (χ4n) is 2.53. The number of nitrogens with two attached hydrogens (primary N) is 1. The molecule has 3 rings (SSSR count). The average molecular weight is 278 g/mol. The van der Waals surface area contributed by atoms with Crippen molar-refractivity contribution < 1.29 is 0 Å². The Morgan fingerprint density at radius 3 is 2.62 bits per heavy atom. The molecule has 2 N–H and O–H groups in total. The van der Waals surface area contributed by atoms with Crippen molar-refractivity contribution in [1.29, 1.82) is 0 Å². The molecule has 0 fully saturated rings. The van der Waals surface area contributed by atoms with Crippen LogP contribution >= 0.6 is 0 Å². The van der Waals surface area contributed by atoms with Gasteiger partial charge in [0.2, 0.25) is 0 Å². The topological polar surface area (TPSA) is 55.0 Å². The van der Waals surface area contributed by atoms with Crippen LogP contribution in [-0.4, -0.2) is 16.5 Å².